The van der Waals surface area contributed by atoms with Gasteiger partial charge in [0.25, 0.3) is 0 Å². The first-order valence-corrected chi connectivity index (χ1v) is 11.8. The third-order valence-corrected chi connectivity index (χ3v) is 5.76. The Hall–Kier alpha value is -2.51. The zero-order chi connectivity index (χ0) is 23.8. The van der Waals surface area contributed by atoms with Crippen molar-refractivity contribution in [3.63, 3.8) is 0 Å². The van der Waals surface area contributed by atoms with Crippen LogP contribution in [0.25, 0.3) is 11.2 Å². The molecule has 1 aliphatic heterocycles. The van der Waals surface area contributed by atoms with Crippen molar-refractivity contribution in [1.82, 2.24) is 19.5 Å². The quantitative estimate of drug-likeness (QED) is 0.288. The Morgan fingerprint density at radius 1 is 1.24 bits per heavy atom. The first-order valence-electron chi connectivity index (χ1n) is 9.98. The molecular formula is C19H23FN5O7P. The molecule has 0 spiro atoms. The number of imidazole rings is 1. The molecule has 0 bridgehead atoms. The molecule has 0 saturated carbocycles. The van der Waals surface area contributed by atoms with Crippen LogP contribution in [0, 0.1) is 5.82 Å². The Morgan fingerprint density at radius 2 is 2.00 bits per heavy atom. The molecule has 1 aromatic carbocycles. The lowest BCUT2D eigenvalue weighted by Gasteiger charge is -2.17. The molecule has 1 unspecified atom stereocenters. The van der Waals surface area contributed by atoms with Gasteiger partial charge in [0.05, 0.1) is 19.0 Å². The summed E-state index contributed by atoms with van der Waals surface area (Å²) < 4.78 is 37.1. The second-order valence-corrected chi connectivity index (χ2v) is 9.23. The normalized spacial score (nSPS) is 24.3. The maximum absolute atomic E-state index is 14.1. The van der Waals surface area contributed by atoms with Gasteiger partial charge in [0, 0.05) is 5.56 Å². The minimum absolute atomic E-state index is 0.293. The Labute approximate surface area is 187 Å². The fourth-order valence-electron chi connectivity index (χ4n) is 3.64. The fourth-order valence-corrected chi connectivity index (χ4v) is 3.98. The summed E-state index contributed by atoms with van der Waals surface area (Å²) >= 11 is 0. The second kappa shape index (κ2) is 9.39. The van der Waals surface area contributed by atoms with Gasteiger partial charge in [-0.15, -0.1) is 0 Å². The fraction of sp³-hybridized carbons (Fsp3) is 0.421. The zero-order valence-electron chi connectivity index (χ0n) is 17.4. The summed E-state index contributed by atoms with van der Waals surface area (Å²) in [5.74, 6) is -0.0270. The standard InChI is InChI=1S/C19H23FN5O7P/c1-10(11-4-2-3-5-12(11)20)24-17-14-18(22-7-21-17)25(8-23-14)19-16(27)15(26)13(32-19)6-31-9-33(28,29)30/h2-5,7-8,10,13,15-16,19,26-27H,6,9H2,1H3,(H,21,22,24)(H2,28,29,30)/t10?,13-,15-,16-,19-/m1/s1. The molecule has 4 rings (SSSR count). The number of ether oxygens (including phenoxy) is 2. The van der Waals surface area contributed by atoms with Gasteiger partial charge in [-0.25, -0.2) is 19.3 Å². The van der Waals surface area contributed by atoms with Crippen LogP contribution in [0.2, 0.25) is 0 Å². The molecule has 5 N–H and O–H groups in total. The van der Waals surface area contributed by atoms with E-state index in [1.807, 2.05) is 0 Å². The van der Waals surface area contributed by atoms with Crippen LogP contribution in [0.5, 0.6) is 0 Å². The Balaban J connectivity index is 1.54. The number of anilines is 1. The molecule has 1 saturated heterocycles. The Kier molecular flexibility index (Phi) is 6.73. The largest absolute Gasteiger partial charge is 0.387 e. The number of rotatable bonds is 8. The molecule has 0 radical (unpaired) electrons. The molecular weight excluding hydrogens is 460 g/mol. The molecule has 178 valence electrons. The maximum Gasteiger partial charge on any atom is 0.350 e. The second-order valence-electron chi connectivity index (χ2n) is 7.64. The number of hydrogen-bond donors (Lipinski definition) is 5. The van der Waals surface area contributed by atoms with Crippen LogP contribution in [0.3, 0.4) is 0 Å². The van der Waals surface area contributed by atoms with Crippen molar-refractivity contribution < 1.29 is 38.4 Å². The number of aliphatic hydroxyl groups is 2. The highest BCUT2D eigenvalue weighted by Gasteiger charge is 2.44. The molecule has 5 atom stereocenters. The highest BCUT2D eigenvalue weighted by molar-refractivity contribution is 7.51. The lowest BCUT2D eigenvalue weighted by Crippen LogP contribution is -2.33. The number of aliphatic hydroxyl groups excluding tert-OH is 2. The van der Waals surface area contributed by atoms with E-state index in [0.29, 0.717) is 22.5 Å². The first-order chi connectivity index (χ1) is 15.7. The van der Waals surface area contributed by atoms with Crippen molar-refractivity contribution in [2.24, 2.45) is 0 Å². The number of halogens is 1. The maximum atomic E-state index is 14.1. The van der Waals surface area contributed by atoms with Gasteiger partial charge in [0.2, 0.25) is 0 Å². The molecule has 14 heteroatoms. The predicted molar refractivity (Wildman–Crippen MR) is 113 cm³/mol. The van der Waals surface area contributed by atoms with E-state index >= 15 is 0 Å². The van der Waals surface area contributed by atoms with Gasteiger partial charge in [-0.1, -0.05) is 18.2 Å². The van der Waals surface area contributed by atoms with Crippen LogP contribution >= 0.6 is 7.60 Å². The van der Waals surface area contributed by atoms with E-state index in [1.165, 1.54) is 23.3 Å². The summed E-state index contributed by atoms with van der Waals surface area (Å²) in [4.78, 5) is 30.4. The molecule has 33 heavy (non-hydrogen) atoms. The number of aromatic nitrogens is 4. The van der Waals surface area contributed by atoms with Crippen molar-refractivity contribution in [3.05, 3.63) is 48.3 Å². The van der Waals surface area contributed by atoms with Crippen molar-refractivity contribution in [2.75, 3.05) is 18.3 Å². The van der Waals surface area contributed by atoms with Gasteiger partial charge in [0.1, 0.15) is 36.8 Å². The van der Waals surface area contributed by atoms with Crippen LogP contribution < -0.4 is 5.32 Å². The van der Waals surface area contributed by atoms with E-state index < -0.39 is 44.5 Å². The van der Waals surface area contributed by atoms with Gasteiger partial charge >= 0.3 is 7.60 Å². The molecule has 0 amide bonds. The molecule has 0 aliphatic carbocycles. The SMILES string of the molecule is CC(Nc1ncnc2c1ncn2[C@@H]1O[C@H](COCP(=O)(O)O)[C@@H](O)[C@H]1O)c1ccccc1F. The third-order valence-electron chi connectivity index (χ3n) is 5.24. The number of fused-ring (bicyclic) bond motifs is 1. The monoisotopic (exact) mass is 483 g/mol. The zero-order valence-corrected chi connectivity index (χ0v) is 18.3. The summed E-state index contributed by atoms with van der Waals surface area (Å²) in [5.41, 5.74) is 1.08. The minimum Gasteiger partial charge on any atom is -0.387 e. The lowest BCUT2D eigenvalue weighted by atomic mass is 10.1. The first kappa shape index (κ1) is 23.6. The van der Waals surface area contributed by atoms with Gasteiger partial charge in [-0.05, 0) is 13.0 Å². The summed E-state index contributed by atoms with van der Waals surface area (Å²) in [6.07, 6.45) is -3.07. The van der Waals surface area contributed by atoms with Gasteiger partial charge < -0.3 is 34.8 Å². The van der Waals surface area contributed by atoms with Crippen molar-refractivity contribution >= 4 is 24.6 Å². The number of nitrogens with zero attached hydrogens (tertiary/aromatic N) is 4. The minimum atomic E-state index is -4.38. The van der Waals surface area contributed by atoms with Gasteiger partial charge in [0.15, 0.2) is 23.2 Å². The number of benzene rings is 1. The topological polar surface area (TPSA) is 172 Å². The van der Waals surface area contributed by atoms with E-state index in [0.717, 1.165) is 0 Å². The number of nitrogens with one attached hydrogen (secondary N) is 1. The summed E-state index contributed by atoms with van der Waals surface area (Å²) in [6.45, 7) is 1.43. The summed E-state index contributed by atoms with van der Waals surface area (Å²) in [6, 6.07) is 5.91. The van der Waals surface area contributed by atoms with Crippen LogP contribution in [-0.2, 0) is 14.0 Å². The predicted octanol–water partition coefficient (Wildman–Crippen LogP) is 0.909. The van der Waals surface area contributed by atoms with Crippen molar-refractivity contribution in [3.8, 4) is 0 Å². The summed E-state index contributed by atoms with van der Waals surface area (Å²) in [5, 5.41) is 23.9. The van der Waals surface area contributed by atoms with Crippen molar-refractivity contribution in [2.45, 2.75) is 37.5 Å². The van der Waals surface area contributed by atoms with E-state index in [2.05, 4.69) is 20.3 Å². The highest BCUT2D eigenvalue weighted by atomic mass is 31.2. The van der Waals surface area contributed by atoms with Crippen LogP contribution in [-0.4, -0.2) is 70.8 Å². The van der Waals surface area contributed by atoms with Crippen molar-refractivity contribution in [1.29, 1.82) is 0 Å². The molecule has 1 aliphatic rings. The Morgan fingerprint density at radius 3 is 2.73 bits per heavy atom. The Bertz CT molecular complexity index is 1170. The van der Waals surface area contributed by atoms with Crippen LogP contribution in [0.1, 0.15) is 24.8 Å². The van der Waals surface area contributed by atoms with E-state index in [4.69, 9.17) is 19.3 Å². The molecule has 2 aromatic heterocycles. The molecule has 3 heterocycles. The lowest BCUT2D eigenvalue weighted by molar-refractivity contribution is -0.0612. The van der Waals surface area contributed by atoms with Crippen LogP contribution in [0.4, 0.5) is 10.2 Å². The van der Waals surface area contributed by atoms with E-state index in [1.54, 1.807) is 25.1 Å². The average molecular weight is 483 g/mol. The molecule has 3 aromatic rings. The van der Waals surface area contributed by atoms with Gasteiger partial charge in [-0.3, -0.25) is 9.13 Å². The van der Waals surface area contributed by atoms with E-state index in [-0.39, 0.29) is 12.4 Å². The number of hydrogen-bond acceptors (Lipinski definition) is 9. The van der Waals surface area contributed by atoms with Crippen LogP contribution in [0.15, 0.2) is 36.9 Å². The highest BCUT2D eigenvalue weighted by Crippen LogP contribution is 2.36. The smallest absolute Gasteiger partial charge is 0.350 e. The summed E-state index contributed by atoms with van der Waals surface area (Å²) in [7, 11) is -4.38. The molecule has 1 fully saturated rings. The van der Waals surface area contributed by atoms with Gasteiger partial charge in [-0.2, -0.15) is 0 Å². The van der Waals surface area contributed by atoms with E-state index in [9.17, 15) is 19.2 Å². The molecule has 12 nitrogen and oxygen atoms in total. The third kappa shape index (κ3) is 5.04. The average Bonchev–Trinajstić information content (AvgIpc) is 3.30.